The molecule has 1 aliphatic heterocycles. The van der Waals surface area contributed by atoms with Crippen LogP contribution in [0.3, 0.4) is 0 Å². The van der Waals surface area contributed by atoms with Gasteiger partial charge in [0.2, 0.25) is 0 Å². The van der Waals surface area contributed by atoms with Gasteiger partial charge in [-0.05, 0) is 26.2 Å². The van der Waals surface area contributed by atoms with E-state index in [1.807, 2.05) is 6.92 Å². The smallest absolute Gasteiger partial charge is 0.305 e. The first-order chi connectivity index (χ1) is 8.48. The average Bonchev–Trinajstić information content (AvgIpc) is 2.36. The highest BCUT2D eigenvalue weighted by atomic mass is 16.5. The second-order valence-corrected chi connectivity index (χ2v) is 5.90. The summed E-state index contributed by atoms with van der Waals surface area (Å²) in [5, 5.41) is 0. The molecule has 1 aliphatic carbocycles. The summed E-state index contributed by atoms with van der Waals surface area (Å²) in [6.07, 6.45) is 4.14. The molecule has 102 valence electrons. The molecule has 0 radical (unpaired) electrons. The van der Waals surface area contributed by atoms with Gasteiger partial charge in [0, 0.05) is 17.8 Å². The van der Waals surface area contributed by atoms with Crippen molar-refractivity contribution in [3.8, 4) is 0 Å². The van der Waals surface area contributed by atoms with Gasteiger partial charge in [-0.2, -0.15) is 0 Å². The lowest BCUT2D eigenvalue weighted by atomic mass is 9.63. The van der Waals surface area contributed by atoms with Crippen LogP contribution < -0.4 is 0 Å². The molecule has 0 N–H and O–H groups in total. The Balaban J connectivity index is 2.14. The van der Waals surface area contributed by atoms with E-state index in [4.69, 9.17) is 9.47 Å². The Bertz CT molecular complexity index is 361. The van der Waals surface area contributed by atoms with Gasteiger partial charge >= 0.3 is 5.97 Å². The van der Waals surface area contributed by atoms with Crippen LogP contribution in [0.5, 0.6) is 0 Å². The molecule has 3 heteroatoms. The molecule has 0 saturated carbocycles. The highest BCUT2D eigenvalue weighted by Crippen LogP contribution is 2.48. The SMILES string of the molecule is CCC(=O)OC[C@@]12CO[C@@H](C)[C@@H](C1)C(C)=C[C@@H]2C. The standard InChI is InChI=1S/C15H24O3/c1-5-14(16)18-9-15-7-13(12(4)17-8-15)10(2)6-11(15)3/h6,11-13H,5,7-9H2,1-4H3/t11-,12-,13-,15-/m0/s1. The Morgan fingerprint density at radius 3 is 2.94 bits per heavy atom. The van der Waals surface area contributed by atoms with E-state index in [-0.39, 0.29) is 17.5 Å². The molecule has 4 atom stereocenters. The normalized spacial score (nSPS) is 39.1. The molecule has 0 amide bonds. The monoisotopic (exact) mass is 252 g/mol. The minimum absolute atomic E-state index is 0.0124. The van der Waals surface area contributed by atoms with Gasteiger partial charge in [0.25, 0.3) is 0 Å². The summed E-state index contributed by atoms with van der Waals surface area (Å²) in [7, 11) is 0. The van der Waals surface area contributed by atoms with Crippen molar-refractivity contribution in [3.63, 3.8) is 0 Å². The summed E-state index contributed by atoms with van der Waals surface area (Å²) in [5.41, 5.74) is 1.41. The van der Waals surface area contributed by atoms with Crippen molar-refractivity contribution in [2.45, 2.75) is 46.6 Å². The highest BCUT2D eigenvalue weighted by Gasteiger charge is 2.47. The highest BCUT2D eigenvalue weighted by molar-refractivity contribution is 5.68. The molecule has 1 heterocycles. The molecule has 0 aromatic carbocycles. The van der Waals surface area contributed by atoms with E-state index in [1.165, 1.54) is 5.57 Å². The third-order valence-electron chi connectivity index (χ3n) is 4.70. The molecule has 18 heavy (non-hydrogen) atoms. The van der Waals surface area contributed by atoms with E-state index in [9.17, 15) is 4.79 Å². The van der Waals surface area contributed by atoms with Crippen LogP contribution in [0, 0.1) is 17.3 Å². The summed E-state index contributed by atoms with van der Waals surface area (Å²) < 4.78 is 11.3. The lowest BCUT2D eigenvalue weighted by Gasteiger charge is -2.49. The maximum Gasteiger partial charge on any atom is 0.305 e. The fraction of sp³-hybridized carbons (Fsp3) is 0.800. The number of carbonyl (C=O) groups is 1. The maximum absolute atomic E-state index is 11.4. The van der Waals surface area contributed by atoms with Gasteiger partial charge < -0.3 is 9.47 Å². The molecule has 2 rings (SSSR count). The number of fused-ring (bicyclic) bond motifs is 2. The molecular formula is C15H24O3. The van der Waals surface area contributed by atoms with Crippen LogP contribution in [0.1, 0.15) is 40.5 Å². The molecule has 0 aromatic rings. The van der Waals surface area contributed by atoms with Gasteiger partial charge in [0.1, 0.15) is 0 Å². The summed E-state index contributed by atoms with van der Waals surface area (Å²) in [5.74, 6) is 0.777. The molecular weight excluding hydrogens is 228 g/mol. The van der Waals surface area contributed by atoms with Gasteiger partial charge in [-0.3, -0.25) is 4.79 Å². The number of ether oxygens (including phenoxy) is 2. The number of carbonyl (C=O) groups excluding carboxylic acids is 1. The third kappa shape index (κ3) is 2.33. The van der Waals surface area contributed by atoms with E-state index in [0.29, 0.717) is 31.5 Å². The van der Waals surface area contributed by atoms with Gasteiger partial charge in [0.15, 0.2) is 0 Å². The first-order valence-electron chi connectivity index (χ1n) is 6.94. The molecule has 0 spiro atoms. The molecule has 0 unspecified atom stereocenters. The average molecular weight is 252 g/mol. The molecule has 0 aromatic heterocycles. The summed E-state index contributed by atoms with van der Waals surface area (Å²) in [6.45, 7) is 9.56. The molecule has 2 bridgehead atoms. The minimum Gasteiger partial charge on any atom is -0.465 e. The van der Waals surface area contributed by atoms with Crippen LogP contribution in [0.2, 0.25) is 0 Å². The molecule has 2 aliphatic rings. The lowest BCUT2D eigenvalue weighted by Crippen LogP contribution is -2.50. The third-order valence-corrected chi connectivity index (χ3v) is 4.70. The van der Waals surface area contributed by atoms with Crippen molar-refractivity contribution in [1.82, 2.24) is 0 Å². The number of hydrogen-bond acceptors (Lipinski definition) is 3. The summed E-state index contributed by atoms with van der Waals surface area (Å²) in [6, 6.07) is 0. The van der Waals surface area contributed by atoms with Gasteiger partial charge in [-0.25, -0.2) is 0 Å². The summed E-state index contributed by atoms with van der Waals surface area (Å²) in [4.78, 5) is 11.4. The number of rotatable bonds is 3. The fourth-order valence-electron chi connectivity index (χ4n) is 3.18. The van der Waals surface area contributed by atoms with Crippen LogP contribution in [0.15, 0.2) is 11.6 Å². The van der Waals surface area contributed by atoms with Crippen LogP contribution >= 0.6 is 0 Å². The Labute approximate surface area is 110 Å². The van der Waals surface area contributed by atoms with E-state index in [2.05, 4.69) is 26.8 Å². The first kappa shape index (κ1) is 13.6. The Morgan fingerprint density at radius 2 is 2.28 bits per heavy atom. The Kier molecular flexibility index (Phi) is 3.81. The molecule has 3 nitrogen and oxygen atoms in total. The van der Waals surface area contributed by atoms with Crippen molar-refractivity contribution in [3.05, 3.63) is 11.6 Å². The fourth-order valence-corrected chi connectivity index (χ4v) is 3.18. The van der Waals surface area contributed by atoms with Crippen molar-refractivity contribution in [2.24, 2.45) is 17.3 Å². The quantitative estimate of drug-likeness (QED) is 0.572. The topological polar surface area (TPSA) is 35.5 Å². The van der Waals surface area contributed by atoms with E-state index in [0.717, 1.165) is 6.42 Å². The van der Waals surface area contributed by atoms with E-state index < -0.39 is 0 Å². The zero-order valence-corrected chi connectivity index (χ0v) is 11.9. The van der Waals surface area contributed by atoms with Crippen molar-refractivity contribution in [1.29, 1.82) is 0 Å². The minimum atomic E-state index is -0.113. The largest absolute Gasteiger partial charge is 0.465 e. The number of allylic oxidation sites excluding steroid dienone is 1. The zero-order chi connectivity index (χ0) is 13.3. The second-order valence-electron chi connectivity index (χ2n) is 5.90. The van der Waals surface area contributed by atoms with Crippen LogP contribution in [0.25, 0.3) is 0 Å². The van der Waals surface area contributed by atoms with Crippen LogP contribution in [-0.2, 0) is 14.3 Å². The van der Waals surface area contributed by atoms with E-state index >= 15 is 0 Å². The Hall–Kier alpha value is -0.830. The van der Waals surface area contributed by atoms with Gasteiger partial charge in [-0.1, -0.05) is 25.5 Å². The van der Waals surface area contributed by atoms with Gasteiger partial charge in [0.05, 0.1) is 19.3 Å². The zero-order valence-electron chi connectivity index (χ0n) is 11.9. The number of hydrogen-bond donors (Lipinski definition) is 0. The van der Waals surface area contributed by atoms with Crippen molar-refractivity contribution in [2.75, 3.05) is 13.2 Å². The van der Waals surface area contributed by atoms with Gasteiger partial charge in [-0.15, -0.1) is 0 Å². The maximum atomic E-state index is 11.4. The summed E-state index contributed by atoms with van der Waals surface area (Å²) >= 11 is 0. The Morgan fingerprint density at radius 1 is 1.56 bits per heavy atom. The van der Waals surface area contributed by atoms with Crippen molar-refractivity contribution >= 4 is 5.97 Å². The lowest BCUT2D eigenvalue weighted by molar-refractivity contribution is -0.161. The number of esters is 1. The predicted molar refractivity (Wildman–Crippen MR) is 70.1 cm³/mol. The second kappa shape index (κ2) is 5.04. The first-order valence-corrected chi connectivity index (χ1v) is 6.94. The molecule has 1 saturated heterocycles. The predicted octanol–water partition coefficient (Wildman–Crippen LogP) is 2.95. The van der Waals surface area contributed by atoms with Crippen molar-refractivity contribution < 1.29 is 14.3 Å². The van der Waals surface area contributed by atoms with Crippen LogP contribution in [-0.4, -0.2) is 25.3 Å². The van der Waals surface area contributed by atoms with Crippen LogP contribution in [0.4, 0.5) is 0 Å². The van der Waals surface area contributed by atoms with E-state index in [1.54, 1.807) is 0 Å². The molecule has 1 fully saturated rings.